The highest BCUT2D eigenvalue weighted by atomic mass is 16.5. The molecule has 0 saturated heterocycles. The second-order valence-electron chi connectivity index (χ2n) is 5.98. The maximum Gasteiger partial charge on any atom is 0.306 e. The first-order valence-corrected chi connectivity index (χ1v) is 8.92. The summed E-state index contributed by atoms with van der Waals surface area (Å²) in [6, 6.07) is 17.0. The van der Waals surface area contributed by atoms with Gasteiger partial charge in [-0.1, -0.05) is 55.5 Å². The smallest absolute Gasteiger partial charge is 0.306 e. The van der Waals surface area contributed by atoms with Crippen molar-refractivity contribution in [3.05, 3.63) is 65.7 Å². The summed E-state index contributed by atoms with van der Waals surface area (Å²) in [4.78, 5) is 35.4. The molecule has 142 valence electrons. The second kappa shape index (κ2) is 10.8. The van der Waals surface area contributed by atoms with Gasteiger partial charge in [-0.3, -0.25) is 14.4 Å². The van der Waals surface area contributed by atoms with Crippen LogP contribution in [0.15, 0.2) is 54.6 Å². The largest absolute Gasteiger partial charge is 0.456 e. The number of rotatable bonds is 9. The first-order chi connectivity index (χ1) is 13.1. The summed E-state index contributed by atoms with van der Waals surface area (Å²) in [6.07, 6.45) is 0.736. The van der Waals surface area contributed by atoms with E-state index in [1.54, 1.807) is 6.07 Å². The van der Waals surface area contributed by atoms with E-state index in [4.69, 9.17) is 4.74 Å². The maximum atomic E-state index is 11.9. The van der Waals surface area contributed by atoms with Gasteiger partial charge in [0.1, 0.15) is 0 Å². The second-order valence-corrected chi connectivity index (χ2v) is 5.98. The fourth-order valence-corrected chi connectivity index (χ4v) is 2.46. The fourth-order valence-electron chi connectivity index (χ4n) is 2.46. The van der Waals surface area contributed by atoms with Crippen LogP contribution in [0.2, 0.25) is 0 Å². The SMILES string of the molecule is CCc1ccccc1NC(=O)COC(=O)CCC(=O)NCc1ccccc1. The molecular weight excluding hydrogens is 344 g/mol. The third kappa shape index (κ3) is 7.32. The molecule has 6 nitrogen and oxygen atoms in total. The summed E-state index contributed by atoms with van der Waals surface area (Å²) in [5.41, 5.74) is 2.70. The lowest BCUT2D eigenvalue weighted by atomic mass is 10.1. The average molecular weight is 368 g/mol. The van der Waals surface area contributed by atoms with Crippen LogP contribution in [0.4, 0.5) is 5.69 Å². The lowest BCUT2D eigenvalue weighted by Crippen LogP contribution is -2.25. The molecule has 6 heteroatoms. The van der Waals surface area contributed by atoms with E-state index in [1.165, 1.54) is 0 Å². The predicted octanol–water partition coefficient (Wildman–Crippen LogP) is 2.83. The summed E-state index contributed by atoms with van der Waals surface area (Å²) in [6.45, 7) is 2.03. The van der Waals surface area contributed by atoms with E-state index in [0.29, 0.717) is 12.2 Å². The molecule has 0 bridgehead atoms. The molecule has 27 heavy (non-hydrogen) atoms. The number of nitrogens with one attached hydrogen (secondary N) is 2. The summed E-state index contributed by atoms with van der Waals surface area (Å²) in [7, 11) is 0. The Morgan fingerprint density at radius 1 is 0.889 bits per heavy atom. The molecule has 0 aliphatic heterocycles. The molecular formula is C21H24N2O4. The zero-order valence-corrected chi connectivity index (χ0v) is 15.4. The normalized spacial score (nSPS) is 10.1. The van der Waals surface area contributed by atoms with Gasteiger partial charge in [0.05, 0.1) is 6.42 Å². The van der Waals surface area contributed by atoms with E-state index in [2.05, 4.69) is 10.6 Å². The fraction of sp³-hybridized carbons (Fsp3) is 0.286. The van der Waals surface area contributed by atoms with Crippen molar-refractivity contribution in [2.24, 2.45) is 0 Å². The standard InChI is InChI=1S/C21H24N2O4/c1-2-17-10-6-7-11-18(17)23-20(25)15-27-21(26)13-12-19(24)22-14-16-8-4-3-5-9-16/h3-11H,2,12-15H2,1H3,(H,22,24)(H,23,25). The zero-order valence-electron chi connectivity index (χ0n) is 15.4. The van der Waals surface area contributed by atoms with Gasteiger partial charge in [-0.05, 0) is 23.6 Å². The minimum Gasteiger partial charge on any atom is -0.456 e. The van der Waals surface area contributed by atoms with Crippen molar-refractivity contribution in [3.8, 4) is 0 Å². The third-order valence-corrected chi connectivity index (χ3v) is 3.93. The predicted molar refractivity (Wildman–Crippen MR) is 103 cm³/mol. The monoisotopic (exact) mass is 368 g/mol. The van der Waals surface area contributed by atoms with Crippen LogP contribution in [0.1, 0.15) is 30.9 Å². The molecule has 0 aromatic heterocycles. The lowest BCUT2D eigenvalue weighted by molar-refractivity contribution is -0.148. The first kappa shape index (κ1) is 20.2. The number of hydrogen-bond donors (Lipinski definition) is 2. The van der Waals surface area contributed by atoms with E-state index in [9.17, 15) is 14.4 Å². The summed E-state index contributed by atoms with van der Waals surface area (Å²) in [5.74, 6) is -1.22. The maximum absolute atomic E-state index is 11.9. The molecule has 0 saturated carbocycles. The molecule has 0 aliphatic rings. The number of hydrogen-bond acceptors (Lipinski definition) is 4. The highest BCUT2D eigenvalue weighted by molar-refractivity contribution is 5.93. The van der Waals surface area contributed by atoms with Crippen LogP contribution >= 0.6 is 0 Å². The minimum atomic E-state index is -0.580. The molecule has 0 heterocycles. The van der Waals surface area contributed by atoms with Crippen molar-refractivity contribution < 1.29 is 19.1 Å². The Morgan fingerprint density at radius 3 is 2.33 bits per heavy atom. The van der Waals surface area contributed by atoms with Gasteiger partial charge in [0, 0.05) is 18.7 Å². The number of aryl methyl sites for hydroxylation is 1. The molecule has 0 radical (unpaired) electrons. The molecule has 2 amide bonds. The quantitative estimate of drug-likeness (QED) is 0.667. The zero-order chi connectivity index (χ0) is 19.5. The molecule has 2 aromatic carbocycles. The Kier molecular flexibility index (Phi) is 8.03. The summed E-state index contributed by atoms with van der Waals surface area (Å²) in [5, 5.41) is 5.46. The number of carbonyl (C=O) groups excluding carboxylic acids is 3. The van der Waals surface area contributed by atoms with Gasteiger partial charge in [-0.2, -0.15) is 0 Å². The molecule has 2 rings (SSSR count). The topological polar surface area (TPSA) is 84.5 Å². The Labute approximate surface area is 158 Å². The Bertz CT molecular complexity index is 775. The Morgan fingerprint density at radius 2 is 1.59 bits per heavy atom. The Hall–Kier alpha value is -3.15. The van der Waals surface area contributed by atoms with Crippen LogP contribution in [0, 0.1) is 0 Å². The van der Waals surface area contributed by atoms with Gasteiger partial charge < -0.3 is 15.4 Å². The third-order valence-electron chi connectivity index (χ3n) is 3.93. The molecule has 2 N–H and O–H groups in total. The van der Waals surface area contributed by atoms with Gasteiger partial charge in [0.2, 0.25) is 5.91 Å². The van der Waals surface area contributed by atoms with Gasteiger partial charge in [-0.25, -0.2) is 0 Å². The van der Waals surface area contributed by atoms with Crippen LogP contribution in [-0.2, 0) is 32.1 Å². The van der Waals surface area contributed by atoms with Crippen LogP contribution in [0.3, 0.4) is 0 Å². The first-order valence-electron chi connectivity index (χ1n) is 8.92. The average Bonchev–Trinajstić information content (AvgIpc) is 2.70. The molecule has 0 atom stereocenters. The number of esters is 1. The summed E-state index contributed by atoms with van der Waals surface area (Å²) >= 11 is 0. The van der Waals surface area contributed by atoms with E-state index >= 15 is 0 Å². The van der Waals surface area contributed by atoms with Crippen LogP contribution in [0.5, 0.6) is 0 Å². The number of carbonyl (C=O) groups is 3. The van der Waals surface area contributed by atoms with Crippen molar-refractivity contribution in [1.29, 1.82) is 0 Å². The molecule has 0 fully saturated rings. The highest BCUT2D eigenvalue weighted by Crippen LogP contribution is 2.15. The van der Waals surface area contributed by atoms with Crippen molar-refractivity contribution in [2.45, 2.75) is 32.7 Å². The van der Waals surface area contributed by atoms with Crippen molar-refractivity contribution in [3.63, 3.8) is 0 Å². The van der Waals surface area contributed by atoms with Crippen LogP contribution in [0.25, 0.3) is 0 Å². The van der Waals surface area contributed by atoms with Crippen molar-refractivity contribution in [1.82, 2.24) is 5.32 Å². The van der Waals surface area contributed by atoms with Crippen LogP contribution in [-0.4, -0.2) is 24.4 Å². The van der Waals surface area contributed by atoms with Gasteiger partial charge in [0.25, 0.3) is 5.91 Å². The Balaban J connectivity index is 1.65. The lowest BCUT2D eigenvalue weighted by Gasteiger charge is -2.10. The summed E-state index contributed by atoms with van der Waals surface area (Å²) < 4.78 is 4.93. The van der Waals surface area contributed by atoms with Crippen LogP contribution < -0.4 is 10.6 Å². The minimum absolute atomic E-state index is 0.0198. The highest BCUT2D eigenvalue weighted by Gasteiger charge is 2.11. The van der Waals surface area contributed by atoms with Gasteiger partial charge in [0.15, 0.2) is 6.61 Å². The molecule has 0 spiro atoms. The van der Waals surface area contributed by atoms with E-state index < -0.39 is 11.9 Å². The molecule has 0 unspecified atom stereocenters. The van der Waals surface area contributed by atoms with Gasteiger partial charge in [-0.15, -0.1) is 0 Å². The number of anilines is 1. The van der Waals surface area contributed by atoms with E-state index in [0.717, 1.165) is 17.5 Å². The number of para-hydroxylation sites is 1. The van der Waals surface area contributed by atoms with E-state index in [-0.39, 0.29) is 25.4 Å². The number of ether oxygens (including phenoxy) is 1. The molecule has 2 aromatic rings. The number of benzene rings is 2. The molecule has 0 aliphatic carbocycles. The van der Waals surface area contributed by atoms with Gasteiger partial charge >= 0.3 is 5.97 Å². The number of amides is 2. The van der Waals surface area contributed by atoms with Crippen molar-refractivity contribution in [2.75, 3.05) is 11.9 Å². The van der Waals surface area contributed by atoms with Crippen molar-refractivity contribution >= 4 is 23.5 Å². The van der Waals surface area contributed by atoms with E-state index in [1.807, 2.05) is 55.5 Å².